The minimum atomic E-state index is 0.611. The molecular formula is C21H19BrN4O. The molecule has 0 bridgehead atoms. The summed E-state index contributed by atoms with van der Waals surface area (Å²) in [6.45, 7) is 6.19. The second-order valence-corrected chi connectivity index (χ2v) is 7.46. The topological polar surface area (TPSA) is 51.5 Å². The standard InChI is InChI=1S/C21H19BrN4O/c1-13-10-14(2)21(15(3)11-13)27-20-12-18(25-19-8-9-23-26(19)20)24-17-6-4-16(22)5-7-17/h4-12H,1-3H3,(H,24,25). The van der Waals surface area contributed by atoms with Crippen LogP contribution in [0.1, 0.15) is 16.7 Å². The second kappa shape index (κ2) is 7.04. The normalized spacial score (nSPS) is 11.0. The van der Waals surface area contributed by atoms with Crippen LogP contribution in [0.2, 0.25) is 0 Å². The van der Waals surface area contributed by atoms with Crippen LogP contribution in [-0.2, 0) is 0 Å². The Balaban J connectivity index is 1.74. The van der Waals surface area contributed by atoms with Gasteiger partial charge in [-0.1, -0.05) is 33.6 Å². The van der Waals surface area contributed by atoms with Crippen LogP contribution in [0, 0.1) is 20.8 Å². The summed E-state index contributed by atoms with van der Waals surface area (Å²) in [4.78, 5) is 4.61. The van der Waals surface area contributed by atoms with E-state index in [0.29, 0.717) is 11.7 Å². The maximum absolute atomic E-state index is 6.28. The van der Waals surface area contributed by atoms with Crippen molar-refractivity contribution in [2.24, 2.45) is 0 Å². The van der Waals surface area contributed by atoms with Crippen LogP contribution in [0.15, 0.2) is 59.2 Å². The second-order valence-electron chi connectivity index (χ2n) is 6.54. The first-order valence-corrected chi connectivity index (χ1v) is 9.42. The van der Waals surface area contributed by atoms with Gasteiger partial charge < -0.3 is 10.1 Å². The molecule has 0 atom stereocenters. The summed E-state index contributed by atoms with van der Waals surface area (Å²) in [6, 6.07) is 15.9. The predicted octanol–water partition coefficient (Wildman–Crippen LogP) is 5.95. The molecule has 0 aliphatic rings. The number of hydrogen-bond donors (Lipinski definition) is 1. The smallest absolute Gasteiger partial charge is 0.226 e. The molecule has 0 unspecified atom stereocenters. The van der Waals surface area contributed by atoms with Crippen molar-refractivity contribution in [3.05, 3.63) is 75.9 Å². The number of ether oxygens (including phenoxy) is 1. The first kappa shape index (κ1) is 17.5. The summed E-state index contributed by atoms with van der Waals surface area (Å²) in [5.41, 5.74) is 5.06. The molecule has 5 nitrogen and oxygen atoms in total. The average Bonchev–Trinajstić information content (AvgIpc) is 3.08. The molecular weight excluding hydrogens is 404 g/mol. The molecule has 0 fully saturated rings. The highest BCUT2D eigenvalue weighted by atomic mass is 79.9. The van der Waals surface area contributed by atoms with E-state index in [1.807, 2.05) is 36.4 Å². The number of halogens is 1. The summed E-state index contributed by atoms with van der Waals surface area (Å²) in [5.74, 6) is 2.15. The van der Waals surface area contributed by atoms with Crippen molar-refractivity contribution in [3.8, 4) is 11.6 Å². The van der Waals surface area contributed by atoms with E-state index in [1.54, 1.807) is 10.7 Å². The van der Waals surface area contributed by atoms with Crippen LogP contribution in [-0.4, -0.2) is 14.6 Å². The van der Waals surface area contributed by atoms with Crippen molar-refractivity contribution in [2.45, 2.75) is 20.8 Å². The van der Waals surface area contributed by atoms with E-state index in [1.165, 1.54) is 5.56 Å². The van der Waals surface area contributed by atoms with Crippen LogP contribution in [0.4, 0.5) is 11.5 Å². The molecule has 2 aromatic carbocycles. The third-order valence-electron chi connectivity index (χ3n) is 4.25. The van der Waals surface area contributed by atoms with Crippen LogP contribution in [0.5, 0.6) is 11.6 Å². The lowest BCUT2D eigenvalue weighted by molar-refractivity contribution is 0.440. The summed E-state index contributed by atoms with van der Waals surface area (Å²) >= 11 is 3.45. The van der Waals surface area contributed by atoms with Gasteiger partial charge in [0, 0.05) is 22.3 Å². The van der Waals surface area contributed by atoms with Crippen LogP contribution >= 0.6 is 15.9 Å². The zero-order valence-electron chi connectivity index (χ0n) is 15.3. The van der Waals surface area contributed by atoms with Gasteiger partial charge in [-0.25, -0.2) is 4.98 Å². The van der Waals surface area contributed by atoms with Crippen molar-refractivity contribution >= 4 is 33.1 Å². The molecule has 1 N–H and O–H groups in total. The van der Waals surface area contributed by atoms with Gasteiger partial charge in [-0.2, -0.15) is 9.61 Å². The third-order valence-corrected chi connectivity index (χ3v) is 4.78. The Kier molecular flexibility index (Phi) is 4.58. The number of hydrogen-bond acceptors (Lipinski definition) is 4. The van der Waals surface area contributed by atoms with E-state index in [0.717, 1.165) is 32.7 Å². The molecule has 0 saturated heterocycles. The molecule has 27 heavy (non-hydrogen) atoms. The third kappa shape index (κ3) is 3.66. The fraction of sp³-hybridized carbons (Fsp3) is 0.143. The number of fused-ring (bicyclic) bond motifs is 1. The summed E-state index contributed by atoms with van der Waals surface area (Å²) in [7, 11) is 0. The van der Waals surface area contributed by atoms with Gasteiger partial charge >= 0.3 is 0 Å². The molecule has 2 aromatic heterocycles. The van der Waals surface area contributed by atoms with Crippen LogP contribution < -0.4 is 10.1 Å². The van der Waals surface area contributed by atoms with Gasteiger partial charge in [-0.05, 0) is 56.2 Å². The maximum Gasteiger partial charge on any atom is 0.226 e. The zero-order valence-corrected chi connectivity index (χ0v) is 16.9. The maximum atomic E-state index is 6.28. The van der Waals surface area contributed by atoms with Crippen molar-refractivity contribution in [1.82, 2.24) is 14.6 Å². The zero-order chi connectivity index (χ0) is 19.0. The van der Waals surface area contributed by atoms with E-state index in [9.17, 15) is 0 Å². The molecule has 0 radical (unpaired) electrons. The minimum absolute atomic E-state index is 0.611. The van der Waals surface area contributed by atoms with Gasteiger partial charge in [0.25, 0.3) is 0 Å². The molecule has 136 valence electrons. The highest BCUT2D eigenvalue weighted by molar-refractivity contribution is 9.10. The molecule has 0 aliphatic carbocycles. The molecule has 6 heteroatoms. The van der Waals surface area contributed by atoms with E-state index < -0.39 is 0 Å². The lowest BCUT2D eigenvalue weighted by Crippen LogP contribution is -2.02. The number of aryl methyl sites for hydroxylation is 3. The molecule has 0 saturated carbocycles. The Bertz CT molecular complexity index is 1100. The number of nitrogens with one attached hydrogen (secondary N) is 1. The number of nitrogens with zero attached hydrogens (tertiary/aromatic N) is 3. The van der Waals surface area contributed by atoms with Gasteiger partial charge in [0.1, 0.15) is 11.6 Å². The largest absolute Gasteiger partial charge is 0.438 e. The summed E-state index contributed by atoms with van der Waals surface area (Å²) in [5, 5.41) is 7.67. The van der Waals surface area contributed by atoms with Crippen molar-refractivity contribution < 1.29 is 4.74 Å². The molecule has 0 spiro atoms. The predicted molar refractivity (Wildman–Crippen MR) is 111 cm³/mol. The fourth-order valence-electron chi connectivity index (χ4n) is 3.13. The SMILES string of the molecule is Cc1cc(C)c(Oc2cc(Nc3ccc(Br)cc3)nc3ccnn23)c(C)c1. The minimum Gasteiger partial charge on any atom is -0.438 e. The van der Waals surface area contributed by atoms with E-state index in [2.05, 4.69) is 64.2 Å². The monoisotopic (exact) mass is 422 g/mol. The lowest BCUT2D eigenvalue weighted by Gasteiger charge is -2.15. The molecule has 4 rings (SSSR count). The molecule has 0 aliphatic heterocycles. The van der Waals surface area contributed by atoms with Gasteiger partial charge in [0.15, 0.2) is 5.65 Å². The van der Waals surface area contributed by atoms with Crippen molar-refractivity contribution in [3.63, 3.8) is 0 Å². The van der Waals surface area contributed by atoms with Crippen molar-refractivity contribution in [1.29, 1.82) is 0 Å². The van der Waals surface area contributed by atoms with Gasteiger partial charge in [0.05, 0.1) is 6.20 Å². The molecule has 2 heterocycles. The number of rotatable bonds is 4. The number of benzene rings is 2. The van der Waals surface area contributed by atoms with Crippen LogP contribution in [0.25, 0.3) is 5.65 Å². The first-order chi connectivity index (χ1) is 13.0. The first-order valence-electron chi connectivity index (χ1n) is 8.63. The summed E-state index contributed by atoms with van der Waals surface area (Å²) < 4.78 is 9.01. The Hall–Kier alpha value is -2.86. The lowest BCUT2D eigenvalue weighted by atomic mass is 10.1. The van der Waals surface area contributed by atoms with Gasteiger partial charge in [-0.3, -0.25) is 0 Å². The molecule has 0 amide bonds. The average molecular weight is 423 g/mol. The Morgan fingerprint density at radius 3 is 2.37 bits per heavy atom. The van der Waals surface area contributed by atoms with E-state index >= 15 is 0 Å². The van der Waals surface area contributed by atoms with Gasteiger partial charge in [0.2, 0.25) is 5.88 Å². The Morgan fingerprint density at radius 2 is 1.67 bits per heavy atom. The van der Waals surface area contributed by atoms with E-state index in [-0.39, 0.29) is 0 Å². The number of anilines is 2. The Labute approximate surface area is 166 Å². The molecule has 4 aromatic rings. The van der Waals surface area contributed by atoms with Crippen LogP contribution in [0.3, 0.4) is 0 Å². The van der Waals surface area contributed by atoms with Crippen molar-refractivity contribution in [2.75, 3.05) is 5.32 Å². The highest BCUT2D eigenvalue weighted by Gasteiger charge is 2.12. The quantitative estimate of drug-likeness (QED) is 0.441. The summed E-state index contributed by atoms with van der Waals surface area (Å²) in [6.07, 6.45) is 1.72. The Morgan fingerprint density at radius 1 is 0.963 bits per heavy atom. The van der Waals surface area contributed by atoms with E-state index in [4.69, 9.17) is 4.74 Å². The number of aromatic nitrogens is 3. The highest BCUT2D eigenvalue weighted by Crippen LogP contribution is 2.31. The van der Waals surface area contributed by atoms with Gasteiger partial charge in [-0.15, -0.1) is 0 Å². The fourth-order valence-corrected chi connectivity index (χ4v) is 3.40.